The molecule has 0 spiro atoms. The molecule has 0 bridgehead atoms. The summed E-state index contributed by atoms with van der Waals surface area (Å²) in [4.78, 5) is 16.1. The standard InChI is InChI=1S/C23H20ClN5O2S/c1-14(30)25-18-6-3-7-20(11-18)29-21(15-8-9-15)27-28-23(29)32-13-19-12-31-22(26-19)16-4-2-5-17(24)10-16/h2-7,10-12,15H,8-9,13H2,1H3,(H,25,30). The molecule has 1 N–H and O–H groups in total. The van der Waals surface area contributed by atoms with E-state index < -0.39 is 0 Å². The van der Waals surface area contributed by atoms with E-state index in [0.29, 0.717) is 22.6 Å². The number of carbonyl (C=O) groups excluding carboxylic acids is 1. The molecular weight excluding hydrogens is 446 g/mol. The number of oxazole rings is 1. The van der Waals surface area contributed by atoms with Gasteiger partial charge in [0.15, 0.2) is 5.16 Å². The molecule has 1 saturated carbocycles. The van der Waals surface area contributed by atoms with Crippen molar-refractivity contribution < 1.29 is 9.21 Å². The van der Waals surface area contributed by atoms with Crippen LogP contribution in [0.4, 0.5) is 5.69 Å². The molecule has 9 heteroatoms. The molecular formula is C23H20ClN5O2S. The number of hydrogen-bond acceptors (Lipinski definition) is 6. The minimum Gasteiger partial charge on any atom is -0.444 e. The van der Waals surface area contributed by atoms with E-state index in [9.17, 15) is 4.79 Å². The minimum atomic E-state index is -0.107. The molecule has 0 atom stereocenters. The van der Waals surface area contributed by atoms with Gasteiger partial charge in [-0.05, 0) is 49.2 Å². The molecule has 0 aliphatic heterocycles. The van der Waals surface area contributed by atoms with E-state index in [-0.39, 0.29) is 5.91 Å². The molecule has 7 nitrogen and oxygen atoms in total. The van der Waals surface area contributed by atoms with Gasteiger partial charge in [-0.3, -0.25) is 9.36 Å². The zero-order valence-corrected chi connectivity index (χ0v) is 18.9. The second kappa shape index (κ2) is 8.80. The summed E-state index contributed by atoms with van der Waals surface area (Å²) in [5.41, 5.74) is 3.30. The van der Waals surface area contributed by atoms with Gasteiger partial charge in [-0.1, -0.05) is 35.5 Å². The number of nitrogens with zero attached hydrogens (tertiary/aromatic N) is 4. The van der Waals surface area contributed by atoms with Crippen LogP contribution in [0.15, 0.2) is 64.4 Å². The van der Waals surface area contributed by atoms with Gasteiger partial charge in [0.05, 0.1) is 11.4 Å². The summed E-state index contributed by atoms with van der Waals surface area (Å²) in [7, 11) is 0. The predicted octanol–water partition coefficient (Wildman–Crippen LogP) is 5.70. The van der Waals surface area contributed by atoms with Crippen LogP contribution in [-0.2, 0) is 10.5 Å². The third-order valence-corrected chi connectivity index (χ3v) is 6.20. The summed E-state index contributed by atoms with van der Waals surface area (Å²) >= 11 is 7.62. The smallest absolute Gasteiger partial charge is 0.226 e. The minimum absolute atomic E-state index is 0.107. The SMILES string of the molecule is CC(=O)Nc1cccc(-n2c(SCc3coc(-c4cccc(Cl)c4)n3)nnc2C2CC2)c1. The van der Waals surface area contributed by atoms with Gasteiger partial charge in [-0.25, -0.2) is 4.98 Å². The Morgan fingerprint density at radius 3 is 2.84 bits per heavy atom. The molecule has 162 valence electrons. The summed E-state index contributed by atoms with van der Waals surface area (Å²) in [6.07, 6.45) is 3.88. The fraction of sp³-hybridized carbons (Fsp3) is 0.217. The first-order valence-corrected chi connectivity index (χ1v) is 11.6. The van der Waals surface area contributed by atoms with Crippen molar-refractivity contribution in [2.24, 2.45) is 0 Å². The van der Waals surface area contributed by atoms with Crippen LogP contribution in [0.1, 0.15) is 37.2 Å². The molecule has 0 unspecified atom stereocenters. The van der Waals surface area contributed by atoms with Crippen molar-refractivity contribution in [2.75, 3.05) is 5.32 Å². The van der Waals surface area contributed by atoms with Crippen molar-refractivity contribution in [1.29, 1.82) is 0 Å². The summed E-state index contributed by atoms with van der Waals surface area (Å²) in [5, 5.41) is 13.2. The van der Waals surface area contributed by atoms with Gasteiger partial charge in [-0.15, -0.1) is 10.2 Å². The van der Waals surface area contributed by atoms with Gasteiger partial charge in [0, 0.05) is 34.9 Å². The fourth-order valence-electron chi connectivity index (χ4n) is 3.42. The maximum Gasteiger partial charge on any atom is 0.226 e. The Balaban J connectivity index is 1.39. The molecule has 1 fully saturated rings. The first-order chi connectivity index (χ1) is 15.6. The van der Waals surface area contributed by atoms with Gasteiger partial charge in [0.25, 0.3) is 0 Å². The molecule has 5 rings (SSSR count). The lowest BCUT2D eigenvalue weighted by molar-refractivity contribution is -0.114. The van der Waals surface area contributed by atoms with E-state index in [1.165, 1.54) is 6.92 Å². The fourth-order valence-corrected chi connectivity index (χ4v) is 4.44. The predicted molar refractivity (Wildman–Crippen MR) is 124 cm³/mol. The van der Waals surface area contributed by atoms with E-state index in [0.717, 1.165) is 46.5 Å². The Morgan fingerprint density at radius 1 is 1.22 bits per heavy atom. The number of aromatic nitrogens is 4. The normalized spacial score (nSPS) is 13.3. The highest BCUT2D eigenvalue weighted by atomic mass is 35.5. The van der Waals surface area contributed by atoms with E-state index in [1.54, 1.807) is 18.0 Å². The molecule has 1 aliphatic rings. The monoisotopic (exact) mass is 465 g/mol. The Kier molecular flexibility index (Phi) is 5.71. The van der Waals surface area contributed by atoms with Gasteiger partial charge in [0.1, 0.15) is 12.1 Å². The highest BCUT2D eigenvalue weighted by Gasteiger charge is 2.31. The number of nitrogens with one attached hydrogen (secondary N) is 1. The maximum atomic E-state index is 11.5. The molecule has 1 aliphatic carbocycles. The number of thioether (sulfide) groups is 1. The van der Waals surface area contributed by atoms with Crippen molar-refractivity contribution in [3.05, 3.63) is 71.3 Å². The van der Waals surface area contributed by atoms with Crippen LogP contribution in [0.5, 0.6) is 0 Å². The molecule has 4 aromatic rings. The summed E-state index contributed by atoms with van der Waals surface area (Å²) in [6.45, 7) is 1.50. The second-order valence-electron chi connectivity index (χ2n) is 7.62. The summed E-state index contributed by atoms with van der Waals surface area (Å²) < 4.78 is 7.72. The highest BCUT2D eigenvalue weighted by Crippen LogP contribution is 2.41. The van der Waals surface area contributed by atoms with Gasteiger partial charge < -0.3 is 9.73 Å². The number of benzene rings is 2. The molecule has 32 heavy (non-hydrogen) atoms. The number of amides is 1. The lowest BCUT2D eigenvalue weighted by Gasteiger charge is -2.11. The number of rotatable bonds is 7. The van der Waals surface area contributed by atoms with E-state index >= 15 is 0 Å². The van der Waals surface area contributed by atoms with Crippen LogP contribution in [0.2, 0.25) is 5.02 Å². The van der Waals surface area contributed by atoms with Crippen molar-refractivity contribution >= 4 is 35.0 Å². The van der Waals surface area contributed by atoms with Gasteiger partial charge in [-0.2, -0.15) is 0 Å². The Hall–Kier alpha value is -3.10. The first kappa shape index (κ1) is 20.8. The average Bonchev–Trinajstić information content (AvgIpc) is 3.35. The lowest BCUT2D eigenvalue weighted by atomic mass is 10.2. The van der Waals surface area contributed by atoms with Crippen LogP contribution in [-0.4, -0.2) is 25.7 Å². The van der Waals surface area contributed by atoms with Crippen molar-refractivity contribution in [2.45, 2.75) is 36.6 Å². The third kappa shape index (κ3) is 4.56. The van der Waals surface area contributed by atoms with Crippen LogP contribution < -0.4 is 5.32 Å². The van der Waals surface area contributed by atoms with Crippen LogP contribution in [0, 0.1) is 0 Å². The molecule has 0 radical (unpaired) electrons. The summed E-state index contributed by atoms with van der Waals surface area (Å²) in [6, 6.07) is 15.1. The largest absolute Gasteiger partial charge is 0.444 e. The zero-order chi connectivity index (χ0) is 22.1. The Labute approximate surface area is 194 Å². The van der Waals surface area contributed by atoms with Gasteiger partial charge in [0.2, 0.25) is 11.8 Å². The molecule has 2 aromatic heterocycles. The van der Waals surface area contributed by atoms with Crippen LogP contribution in [0.25, 0.3) is 17.1 Å². The number of carbonyl (C=O) groups is 1. The van der Waals surface area contributed by atoms with Crippen molar-refractivity contribution in [3.8, 4) is 17.1 Å². The third-order valence-electron chi connectivity index (χ3n) is 5.00. The van der Waals surface area contributed by atoms with Gasteiger partial charge >= 0.3 is 0 Å². The lowest BCUT2D eigenvalue weighted by Crippen LogP contribution is -2.07. The zero-order valence-electron chi connectivity index (χ0n) is 17.3. The van der Waals surface area contributed by atoms with Crippen LogP contribution in [0.3, 0.4) is 0 Å². The van der Waals surface area contributed by atoms with Crippen LogP contribution >= 0.6 is 23.4 Å². The quantitative estimate of drug-likeness (QED) is 0.352. The van der Waals surface area contributed by atoms with Crippen molar-refractivity contribution in [3.63, 3.8) is 0 Å². The van der Waals surface area contributed by atoms with E-state index in [1.807, 2.05) is 48.5 Å². The van der Waals surface area contributed by atoms with E-state index in [2.05, 4.69) is 25.1 Å². The molecule has 2 aromatic carbocycles. The summed E-state index contributed by atoms with van der Waals surface area (Å²) in [5.74, 6) is 2.38. The van der Waals surface area contributed by atoms with E-state index in [4.69, 9.17) is 16.0 Å². The second-order valence-corrected chi connectivity index (χ2v) is 9.00. The molecule has 1 amide bonds. The average molecular weight is 466 g/mol. The number of hydrogen-bond donors (Lipinski definition) is 1. The maximum absolute atomic E-state index is 11.5. The number of anilines is 1. The van der Waals surface area contributed by atoms with Crippen molar-refractivity contribution in [1.82, 2.24) is 19.7 Å². The molecule has 2 heterocycles. The Bertz CT molecular complexity index is 1280. The Morgan fingerprint density at radius 2 is 2.06 bits per heavy atom. The number of halogens is 1. The molecule has 0 saturated heterocycles. The highest BCUT2D eigenvalue weighted by molar-refractivity contribution is 7.98. The topological polar surface area (TPSA) is 85.8 Å². The first-order valence-electron chi connectivity index (χ1n) is 10.2.